The standard InChI is InChI=1S/C14H20ClNS/c1-10(15)14(2,3)16-8-11-9-17-13-7-5-4-6-12(11)13/h4-7,10-11,16H,8-9H2,1-3H3. The third kappa shape index (κ3) is 2.98. The number of nitrogens with one attached hydrogen (secondary N) is 1. The Labute approximate surface area is 113 Å². The number of halogens is 1. The maximum absolute atomic E-state index is 6.19. The Morgan fingerprint density at radius 1 is 1.47 bits per heavy atom. The SMILES string of the molecule is CC(Cl)C(C)(C)NCC1CSc2ccccc21. The molecule has 1 aromatic rings. The number of fused-ring (bicyclic) bond motifs is 1. The van der Waals surface area contributed by atoms with Gasteiger partial charge in [-0.1, -0.05) is 18.2 Å². The third-order valence-electron chi connectivity index (χ3n) is 3.60. The van der Waals surface area contributed by atoms with Crippen LogP contribution in [-0.4, -0.2) is 23.2 Å². The minimum atomic E-state index is -0.0102. The Morgan fingerprint density at radius 2 is 2.18 bits per heavy atom. The fourth-order valence-electron chi connectivity index (χ4n) is 1.93. The molecule has 0 radical (unpaired) electrons. The van der Waals surface area contributed by atoms with E-state index < -0.39 is 0 Å². The highest BCUT2D eigenvalue weighted by Gasteiger charge is 2.27. The quantitative estimate of drug-likeness (QED) is 0.833. The first-order valence-corrected chi connectivity index (χ1v) is 7.54. The lowest BCUT2D eigenvalue weighted by atomic mass is 9.97. The van der Waals surface area contributed by atoms with Crippen LogP contribution in [0.2, 0.25) is 0 Å². The summed E-state index contributed by atoms with van der Waals surface area (Å²) in [5, 5.41) is 3.73. The maximum atomic E-state index is 6.19. The number of hydrogen-bond acceptors (Lipinski definition) is 2. The van der Waals surface area contributed by atoms with Crippen molar-refractivity contribution in [2.45, 2.75) is 42.5 Å². The van der Waals surface area contributed by atoms with Crippen LogP contribution in [0.5, 0.6) is 0 Å². The number of rotatable bonds is 4. The molecule has 2 unspecified atom stereocenters. The van der Waals surface area contributed by atoms with Crippen molar-refractivity contribution >= 4 is 23.4 Å². The highest BCUT2D eigenvalue weighted by Crippen LogP contribution is 2.39. The average Bonchev–Trinajstić information content (AvgIpc) is 2.69. The molecular formula is C14H20ClNS. The highest BCUT2D eigenvalue weighted by molar-refractivity contribution is 7.99. The maximum Gasteiger partial charge on any atom is 0.0484 e. The van der Waals surface area contributed by atoms with Gasteiger partial charge in [-0.25, -0.2) is 0 Å². The molecule has 1 aliphatic heterocycles. The van der Waals surface area contributed by atoms with E-state index in [1.165, 1.54) is 16.2 Å². The van der Waals surface area contributed by atoms with Crippen LogP contribution >= 0.6 is 23.4 Å². The molecule has 2 atom stereocenters. The summed E-state index contributed by atoms with van der Waals surface area (Å²) < 4.78 is 0. The fraction of sp³-hybridized carbons (Fsp3) is 0.571. The second kappa shape index (κ2) is 5.21. The van der Waals surface area contributed by atoms with Crippen molar-refractivity contribution in [2.24, 2.45) is 0 Å². The molecule has 1 aromatic carbocycles. The van der Waals surface area contributed by atoms with Crippen LogP contribution in [0.4, 0.5) is 0 Å². The molecule has 0 amide bonds. The molecule has 0 saturated heterocycles. The van der Waals surface area contributed by atoms with Gasteiger partial charge in [-0.05, 0) is 32.4 Å². The molecule has 0 bridgehead atoms. The van der Waals surface area contributed by atoms with Crippen molar-refractivity contribution in [3.63, 3.8) is 0 Å². The monoisotopic (exact) mass is 269 g/mol. The smallest absolute Gasteiger partial charge is 0.0484 e. The van der Waals surface area contributed by atoms with E-state index in [-0.39, 0.29) is 10.9 Å². The van der Waals surface area contributed by atoms with Crippen molar-refractivity contribution < 1.29 is 0 Å². The van der Waals surface area contributed by atoms with E-state index in [0.29, 0.717) is 5.92 Å². The van der Waals surface area contributed by atoms with Crippen LogP contribution in [0.1, 0.15) is 32.3 Å². The molecule has 0 aliphatic carbocycles. The van der Waals surface area contributed by atoms with Crippen molar-refractivity contribution in [3.05, 3.63) is 29.8 Å². The minimum absolute atomic E-state index is 0.0102. The molecule has 94 valence electrons. The highest BCUT2D eigenvalue weighted by atomic mass is 35.5. The summed E-state index contributed by atoms with van der Waals surface area (Å²) in [4.78, 5) is 1.44. The van der Waals surface area contributed by atoms with Gasteiger partial charge in [0.2, 0.25) is 0 Å². The van der Waals surface area contributed by atoms with Crippen LogP contribution in [-0.2, 0) is 0 Å². The van der Waals surface area contributed by atoms with Crippen molar-refractivity contribution in [1.82, 2.24) is 5.32 Å². The number of alkyl halides is 1. The van der Waals surface area contributed by atoms with E-state index in [1.807, 2.05) is 18.7 Å². The lowest BCUT2D eigenvalue weighted by Crippen LogP contribution is -2.47. The third-order valence-corrected chi connectivity index (χ3v) is 5.39. The second-order valence-corrected chi connectivity index (χ2v) is 6.98. The zero-order valence-electron chi connectivity index (χ0n) is 10.7. The molecule has 1 nitrogen and oxygen atoms in total. The molecule has 1 N–H and O–H groups in total. The Balaban J connectivity index is 1.99. The molecule has 0 fully saturated rings. The summed E-state index contributed by atoms with van der Waals surface area (Å²) in [5.74, 6) is 1.80. The van der Waals surface area contributed by atoms with E-state index in [1.54, 1.807) is 0 Å². The molecule has 0 saturated carbocycles. The van der Waals surface area contributed by atoms with Gasteiger partial charge in [0.05, 0.1) is 0 Å². The average molecular weight is 270 g/mol. The number of hydrogen-bond donors (Lipinski definition) is 1. The van der Waals surface area contributed by atoms with E-state index in [9.17, 15) is 0 Å². The molecule has 2 rings (SSSR count). The molecular weight excluding hydrogens is 250 g/mol. The van der Waals surface area contributed by atoms with Gasteiger partial charge in [-0.15, -0.1) is 23.4 Å². The first-order chi connectivity index (χ1) is 8.00. The van der Waals surface area contributed by atoms with Gasteiger partial charge >= 0.3 is 0 Å². The normalized spacial score (nSPS) is 21.3. The largest absolute Gasteiger partial charge is 0.310 e. The zero-order chi connectivity index (χ0) is 12.5. The van der Waals surface area contributed by atoms with Crippen molar-refractivity contribution in [1.29, 1.82) is 0 Å². The first kappa shape index (κ1) is 13.3. The van der Waals surface area contributed by atoms with E-state index in [4.69, 9.17) is 11.6 Å². The van der Waals surface area contributed by atoms with Gasteiger partial charge in [-0.2, -0.15) is 0 Å². The summed E-state index contributed by atoms with van der Waals surface area (Å²) in [7, 11) is 0. The van der Waals surface area contributed by atoms with Crippen LogP contribution in [0.15, 0.2) is 29.2 Å². The van der Waals surface area contributed by atoms with Gasteiger partial charge in [0, 0.05) is 34.0 Å². The lowest BCUT2D eigenvalue weighted by Gasteiger charge is -2.30. The van der Waals surface area contributed by atoms with E-state index >= 15 is 0 Å². The van der Waals surface area contributed by atoms with E-state index in [0.717, 1.165) is 6.54 Å². The summed E-state index contributed by atoms with van der Waals surface area (Å²) in [6, 6.07) is 8.72. The Hall–Kier alpha value is -0.180. The van der Waals surface area contributed by atoms with Gasteiger partial charge in [0.15, 0.2) is 0 Å². The Kier molecular flexibility index (Phi) is 4.06. The topological polar surface area (TPSA) is 12.0 Å². The van der Waals surface area contributed by atoms with Crippen molar-refractivity contribution in [2.75, 3.05) is 12.3 Å². The molecule has 3 heteroatoms. The summed E-state index contributed by atoms with van der Waals surface area (Å²) >= 11 is 8.15. The molecule has 0 spiro atoms. The van der Waals surface area contributed by atoms with Crippen LogP contribution in [0, 0.1) is 0 Å². The molecule has 1 heterocycles. The fourth-order valence-corrected chi connectivity index (χ4v) is 3.26. The lowest BCUT2D eigenvalue weighted by molar-refractivity contribution is 0.374. The Bertz CT molecular complexity index is 390. The second-order valence-electron chi connectivity index (χ2n) is 5.26. The van der Waals surface area contributed by atoms with Crippen LogP contribution in [0.3, 0.4) is 0 Å². The van der Waals surface area contributed by atoms with Crippen LogP contribution in [0.25, 0.3) is 0 Å². The number of benzene rings is 1. The van der Waals surface area contributed by atoms with Gasteiger partial charge in [-0.3, -0.25) is 0 Å². The van der Waals surface area contributed by atoms with E-state index in [2.05, 4.69) is 43.4 Å². The molecule has 1 aliphatic rings. The summed E-state index contributed by atoms with van der Waals surface area (Å²) in [5.41, 5.74) is 1.48. The Morgan fingerprint density at radius 3 is 2.88 bits per heavy atom. The first-order valence-electron chi connectivity index (χ1n) is 6.11. The van der Waals surface area contributed by atoms with Gasteiger partial charge in [0.1, 0.15) is 0 Å². The predicted molar refractivity (Wildman–Crippen MR) is 77.3 cm³/mol. The zero-order valence-corrected chi connectivity index (χ0v) is 12.2. The molecule has 0 aromatic heterocycles. The van der Waals surface area contributed by atoms with Crippen LogP contribution < -0.4 is 5.32 Å². The predicted octanol–water partition coefficient (Wildman–Crippen LogP) is 3.87. The van der Waals surface area contributed by atoms with Gasteiger partial charge in [0.25, 0.3) is 0 Å². The van der Waals surface area contributed by atoms with Crippen molar-refractivity contribution in [3.8, 4) is 0 Å². The summed E-state index contributed by atoms with van der Waals surface area (Å²) in [6.45, 7) is 7.39. The summed E-state index contributed by atoms with van der Waals surface area (Å²) in [6.07, 6.45) is 0. The molecule has 17 heavy (non-hydrogen) atoms. The van der Waals surface area contributed by atoms with Gasteiger partial charge < -0.3 is 5.32 Å². The minimum Gasteiger partial charge on any atom is -0.310 e. The number of thioether (sulfide) groups is 1.